The van der Waals surface area contributed by atoms with Crippen LogP contribution in [0.1, 0.15) is 26.7 Å². The molecule has 0 amide bonds. The van der Waals surface area contributed by atoms with Gasteiger partial charge in [0, 0.05) is 12.6 Å². The van der Waals surface area contributed by atoms with Crippen LogP contribution in [0.2, 0.25) is 0 Å². The lowest BCUT2D eigenvalue weighted by Crippen LogP contribution is -2.45. The van der Waals surface area contributed by atoms with Crippen LogP contribution in [0.15, 0.2) is 5.16 Å². The van der Waals surface area contributed by atoms with Gasteiger partial charge in [-0.3, -0.25) is 0 Å². The molecular formula is C9H18F3N3O. The number of alkyl halides is 3. The van der Waals surface area contributed by atoms with Gasteiger partial charge in [-0.05, 0) is 12.8 Å². The molecule has 0 saturated carbocycles. The Kier molecular flexibility index (Phi) is 6.17. The van der Waals surface area contributed by atoms with Crippen molar-refractivity contribution in [2.24, 2.45) is 16.8 Å². The maximum absolute atomic E-state index is 12.5. The monoisotopic (exact) mass is 241 g/mol. The van der Waals surface area contributed by atoms with E-state index in [1.807, 2.05) is 13.8 Å². The van der Waals surface area contributed by atoms with Gasteiger partial charge in [-0.15, -0.1) is 0 Å². The van der Waals surface area contributed by atoms with Gasteiger partial charge < -0.3 is 16.3 Å². The lowest BCUT2D eigenvalue weighted by molar-refractivity contribution is -0.155. The molecule has 0 aromatic rings. The van der Waals surface area contributed by atoms with Gasteiger partial charge in [0.1, 0.15) is 5.92 Å². The third-order valence-corrected chi connectivity index (χ3v) is 2.46. The van der Waals surface area contributed by atoms with Crippen LogP contribution in [0.3, 0.4) is 0 Å². The van der Waals surface area contributed by atoms with E-state index < -0.39 is 17.9 Å². The predicted molar refractivity (Wildman–Crippen MR) is 55.3 cm³/mol. The van der Waals surface area contributed by atoms with Crippen LogP contribution in [-0.4, -0.2) is 29.8 Å². The standard InChI is InChI=1S/C9H18F3N3O/c1-3-6(4-2)14-5-7(8(13)15-16)9(10,11)12/h6-7,14,16H,3-5H2,1-2H3,(H2,13,15). The highest BCUT2D eigenvalue weighted by Gasteiger charge is 2.42. The predicted octanol–water partition coefficient (Wildman–Crippen LogP) is 1.69. The minimum atomic E-state index is -4.50. The van der Waals surface area contributed by atoms with Gasteiger partial charge in [-0.1, -0.05) is 19.0 Å². The van der Waals surface area contributed by atoms with Crippen LogP contribution < -0.4 is 11.1 Å². The number of nitrogens with one attached hydrogen (secondary N) is 1. The number of amidine groups is 1. The Labute approximate surface area is 92.7 Å². The van der Waals surface area contributed by atoms with Gasteiger partial charge >= 0.3 is 6.18 Å². The second-order valence-corrected chi connectivity index (χ2v) is 3.54. The lowest BCUT2D eigenvalue weighted by Gasteiger charge is -2.22. The molecular weight excluding hydrogens is 223 g/mol. The molecule has 0 aliphatic rings. The Hall–Kier alpha value is -0.980. The molecule has 0 rings (SSSR count). The quantitative estimate of drug-likeness (QED) is 0.287. The zero-order valence-corrected chi connectivity index (χ0v) is 9.38. The van der Waals surface area contributed by atoms with Crippen molar-refractivity contribution < 1.29 is 18.4 Å². The maximum atomic E-state index is 12.5. The van der Waals surface area contributed by atoms with Crippen molar-refractivity contribution in [2.75, 3.05) is 6.54 Å². The highest BCUT2D eigenvalue weighted by molar-refractivity contribution is 5.83. The molecule has 0 spiro atoms. The average Bonchev–Trinajstić information content (AvgIpc) is 2.22. The largest absolute Gasteiger partial charge is 0.409 e. The number of nitrogens with zero attached hydrogens (tertiary/aromatic N) is 1. The van der Waals surface area contributed by atoms with E-state index in [-0.39, 0.29) is 12.6 Å². The van der Waals surface area contributed by atoms with Crippen LogP contribution >= 0.6 is 0 Å². The molecule has 0 saturated heterocycles. The van der Waals surface area contributed by atoms with Gasteiger partial charge in [0.2, 0.25) is 0 Å². The van der Waals surface area contributed by atoms with Gasteiger partial charge in [-0.25, -0.2) is 0 Å². The molecule has 1 atom stereocenters. The zero-order valence-electron chi connectivity index (χ0n) is 9.38. The van der Waals surface area contributed by atoms with E-state index in [9.17, 15) is 13.2 Å². The molecule has 96 valence electrons. The highest BCUT2D eigenvalue weighted by atomic mass is 19.4. The summed E-state index contributed by atoms with van der Waals surface area (Å²) in [5, 5.41) is 13.5. The lowest BCUT2D eigenvalue weighted by atomic mass is 10.1. The van der Waals surface area contributed by atoms with Gasteiger partial charge in [0.05, 0.1) is 0 Å². The summed E-state index contributed by atoms with van der Waals surface area (Å²) in [7, 11) is 0. The molecule has 0 aliphatic carbocycles. The third kappa shape index (κ3) is 4.69. The molecule has 0 aliphatic heterocycles. The first-order chi connectivity index (χ1) is 7.36. The smallest absolute Gasteiger partial charge is 0.400 e. The first kappa shape index (κ1) is 15.0. The van der Waals surface area contributed by atoms with Gasteiger partial charge in [0.25, 0.3) is 0 Å². The second-order valence-electron chi connectivity index (χ2n) is 3.54. The molecule has 0 bridgehead atoms. The SMILES string of the molecule is CCC(CC)NCC(C(N)=NO)C(F)(F)F. The van der Waals surface area contributed by atoms with Crippen LogP contribution in [0.25, 0.3) is 0 Å². The number of hydrogen-bond acceptors (Lipinski definition) is 3. The fourth-order valence-electron chi connectivity index (χ4n) is 1.32. The van der Waals surface area contributed by atoms with Crippen molar-refractivity contribution in [3.8, 4) is 0 Å². The van der Waals surface area contributed by atoms with Crippen LogP contribution in [0.5, 0.6) is 0 Å². The summed E-state index contributed by atoms with van der Waals surface area (Å²) in [6, 6.07) is 0.0105. The molecule has 0 aromatic carbocycles. The molecule has 1 unspecified atom stereocenters. The Morgan fingerprint density at radius 1 is 1.38 bits per heavy atom. The van der Waals surface area contributed by atoms with E-state index in [2.05, 4.69) is 10.5 Å². The summed E-state index contributed by atoms with van der Waals surface area (Å²) < 4.78 is 37.5. The van der Waals surface area contributed by atoms with Crippen LogP contribution in [-0.2, 0) is 0 Å². The second kappa shape index (κ2) is 6.57. The van der Waals surface area contributed by atoms with Crippen molar-refractivity contribution in [3.05, 3.63) is 0 Å². The van der Waals surface area contributed by atoms with Crippen LogP contribution in [0.4, 0.5) is 13.2 Å². The molecule has 0 aromatic heterocycles. The van der Waals surface area contributed by atoms with Crippen molar-refractivity contribution in [3.63, 3.8) is 0 Å². The minimum Gasteiger partial charge on any atom is -0.409 e. The summed E-state index contributed by atoms with van der Waals surface area (Å²) >= 11 is 0. The van der Waals surface area contributed by atoms with Crippen molar-refractivity contribution in [1.82, 2.24) is 5.32 Å². The van der Waals surface area contributed by atoms with Gasteiger partial charge in [-0.2, -0.15) is 13.2 Å². The third-order valence-electron chi connectivity index (χ3n) is 2.46. The summed E-state index contributed by atoms with van der Waals surface area (Å²) in [5.74, 6) is -2.76. The normalized spacial score (nSPS) is 15.5. The number of oxime groups is 1. The van der Waals surface area contributed by atoms with E-state index in [4.69, 9.17) is 10.9 Å². The van der Waals surface area contributed by atoms with Crippen molar-refractivity contribution in [2.45, 2.75) is 38.9 Å². The first-order valence-electron chi connectivity index (χ1n) is 5.14. The number of nitrogens with two attached hydrogens (primary N) is 1. The summed E-state index contributed by atoms with van der Waals surface area (Å²) in [6.45, 7) is 3.40. The van der Waals surface area contributed by atoms with E-state index in [1.165, 1.54) is 0 Å². The Morgan fingerprint density at radius 2 is 1.88 bits per heavy atom. The van der Waals surface area contributed by atoms with E-state index >= 15 is 0 Å². The average molecular weight is 241 g/mol. The molecule has 7 heteroatoms. The first-order valence-corrected chi connectivity index (χ1v) is 5.14. The maximum Gasteiger partial charge on any atom is 0.400 e. The Morgan fingerprint density at radius 3 is 2.19 bits per heavy atom. The molecule has 0 radical (unpaired) electrons. The number of halogens is 3. The van der Waals surface area contributed by atoms with E-state index in [0.29, 0.717) is 0 Å². The number of hydrogen-bond donors (Lipinski definition) is 3. The molecule has 0 fully saturated rings. The molecule has 4 N–H and O–H groups in total. The molecule has 16 heavy (non-hydrogen) atoms. The summed E-state index contributed by atoms with van der Waals surface area (Å²) in [5.41, 5.74) is 5.01. The summed E-state index contributed by atoms with van der Waals surface area (Å²) in [4.78, 5) is 0. The van der Waals surface area contributed by atoms with Gasteiger partial charge in [0.15, 0.2) is 5.84 Å². The highest BCUT2D eigenvalue weighted by Crippen LogP contribution is 2.26. The number of rotatable bonds is 6. The Balaban J connectivity index is 4.46. The van der Waals surface area contributed by atoms with Crippen LogP contribution in [0, 0.1) is 5.92 Å². The summed E-state index contributed by atoms with van der Waals surface area (Å²) in [6.07, 6.45) is -3.04. The van der Waals surface area contributed by atoms with Crippen molar-refractivity contribution in [1.29, 1.82) is 0 Å². The fraction of sp³-hybridized carbons (Fsp3) is 0.889. The topological polar surface area (TPSA) is 70.6 Å². The fourth-order valence-corrected chi connectivity index (χ4v) is 1.32. The van der Waals surface area contributed by atoms with E-state index in [0.717, 1.165) is 12.8 Å². The Bertz CT molecular complexity index is 227. The van der Waals surface area contributed by atoms with E-state index in [1.54, 1.807) is 0 Å². The zero-order chi connectivity index (χ0) is 12.8. The molecule has 4 nitrogen and oxygen atoms in total. The van der Waals surface area contributed by atoms with Crippen molar-refractivity contribution >= 4 is 5.84 Å². The molecule has 0 heterocycles. The minimum absolute atomic E-state index is 0.0105.